The van der Waals surface area contributed by atoms with Crippen molar-refractivity contribution in [2.45, 2.75) is 12.8 Å². The summed E-state index contributed by atoms with van der Waals surface area (Å²) in [6, 6.07) is 11.1. The van der Waals surface area contributed by atoms with Gasteiger partial charge in [-0.25, -0.2) is 11.0 Å². The maximum atomic E-state index is 12.7. The largest absolute Gasteiger partial charge is 0.416 e. The standard InChI is InChI=1S/C17H18F5N5O/c18-16(19)28-10-9-27(24)26-15(23)13-3-1-2-4-14(13)25-12-7-5-11(6-8-12)17(20,21)22/h1-8,16,25H,9-10,24H2,(H2,23,26). The smallest absolute Gasteiger partial charge is 0.382 e. The maximum absolute atomic E-state index is 12.7. The molecule has 0 aromatic heterocycles. The molecule has 0 unspecified atom stereocenters. The molecule has 2 aromatic carbocycles. The van der Waals surface area contributed by atoms with Crippen molar-refractivity contribution < 1.29 is 26.7 Å². The highest BCUT2D eigenvalue weighted by atomic mass is 19.4. The number of halogens is 5. The topological polar surface area (TPSA) is 88.9 Å². The first-order valence-corrected chi connectivity index (χ1v) is 7.96. The van der Waals surface area contributed by atoms with Gasteiger partial charge in [0, 0.05) is 16.9 Å². The van der Waals surface area contributed by atoms with Crippen LogP contribution in [-0.2, 0) is 10.9 Å². The van der Waals surface area contributed by atoms with Crippen LogP contribution in [0.1, 0.15) is 11.1 Å². The summed E-state index contributed by atoms with van der Waals surface area (Å²) >= 11 is 0. The first-order valence-electron chi connectivity index (χ1n) is 7.96. The van der Waals surface area contributed by atoms with Crippen molar-refractivity contribution in [3.05, 3.63) is 59.7 Å². The summed E-state index contributed by atoms with van der Waals surface area (Å²) in [7, 11) is 0. The van der Waals surface area contributed by atoms with Crippen molar-refractivity contribution in [3.63, 3.8) is 0 Å². The second kappa shape index (κ2) is 9.33. The molecule has 11 heteroatoms. The van der Waals surface area contributed by atoms with E-state index in [0.29, 0.717) is 16.9 Å². The molecule has 6 nitrogen and oxygen atoms in total. The van der Waals surface area contributed by atoms with Crippen LogP contribution in [0, 0.1) is 0 Å². The fraction of sp³-hybridized carbons (Fsp3) is 0.235. The molecule has 0 radical (unpaired) electrons. The second-order valence-corrected chi connectivity index (χ2v) is 5.53. The lowest BCUT2D eigenvalue weighted by atomic mass is 10.1. The minimum atomic E-state index is -4.42. The summed E-state index contributed by atoms with van der Waals surface area (Å²) < 4.78 is 65.9. The molecule has 0 fully saturated rings. The molecule has 0 atom stereocenters. The molecule has 28 heavy (non-hydrogen) atoms. The zero-order chi connectivity index (χ0) is 20.7. The fourth-order valence-electron chi connectivity index (χ4n) is 2.19. The molecule has 0 heterocycles. The van der Waals surface area contributed by atoms with Gasteiger partial charge in [0.2, 0.25) is 0 Å². The van der Waals surface area contributed by atoms with E-state index in [1.807, 2.05) is 0 Å². The van der Waals surface area contributed by atoms with E-state index in [1.54, 1.807) is 24.3 Å². The molecule has 0 aliphatic carbocycles. The molecule has 0 bridgehead atoms. The Bertz CT molecular complexity index is 795. The predicted octanol–water partition coefficient (Wildman–Crippen LogP) is 3.48. The van der Waals surface area contributed by atoms with E-state index in [2.05, 4.69) is 15.2 Å². The average Bonchev–Trinajstić information content (AvgIpc) is 2.61. The number of hydrazine groups is 1. The Balaban J connectivity index is 2.12. The predicted molar refractivity (Wildman–Crippen MR) is 94.7 cm³/mol. The average molecular weight is 403 g/mol. The number of rotatable bonds is 8. The Morgan fingerprint density at radius 2 is 1.75 bits per heavy atom. The first kappa shape index (κ1) is 21.4. The summed E-state index contributed by atoms with van der Waals surface area (Å²) in [6.45, 7) is -3.39. The van der Waals surface area contributed by atoms with Crippen LogP contribution in [-0.4, -0.2) is 30.7 Å². The Morgan fingerprint density at radius 1 is 1.11 bits per heavy atom. The summed E-state index contributed by atoms with van der Waals surface area (Å²) in [4.78, 5) is 0. The molecule has 0 amide bonds. The van der Waals surface area contributed by atoms with Crippen molar-refractivity contribution in [1.82, 2.24) is 5.12 Å². The lowest BCUT2D eigenvalue weighted by Crippen LogP contribution is -2.33. The van der Waals surface area contributed by atoms with E-state index in [9.17, 15) is 22.0 Å². The van der Waals surface area contributed by atoms with Crippen LogP contribution < -0.4 is 16.9 Å². The number of hydrazone groups is 1. The number of hydrogen-bond donors (Lipinski definition) is 3. The van der Waals surface area contributed by atoms with E-state index >= 15 is 0 Å². The normalized spacial score (nSPS) is 12.3. The van der Waals surface area contributed by atoms with Crippen LogP contribution in [0.4, 0.5) is 33.3 Å². The zero-order valence-electron chi connectivity index (χ0n) is 14.5. The van der Waals surface area contributed by atoms with E-state index < -0.39 is 18.4 Å². The van der Waals surface area contributed by atoms with Crippen LogP contribution in [0.15, 0.2) is 53.6 Å². The molecule has 0 saturated carbocycles. The van der Waals surface area contributed by atoms with Gasteiger partial charge in [0.05, 0.1) is 18.7 Å². The number of benzene rings is 2. The number of amidine groups is 1. The molecule has 0 saturated heterocycles. The van der Waals surface area contributed by atoms with Crippen LogP contribution in [0.5, 0.6) is 0 Å². The van der Waals surface area contributed by atoms with Crippen LogP contribution >= 0.6 is 0 Å². The molecule has 0 spiro atoms. The number of ether oxygens (including phenoxy) is 1. The van der Waals surface area contributed by atoms with Crippen molar-refractivity contribution in [1.29, 1.82) is 0 Å². The molecular weight excluding hydrogens is 385 g/mol. The van der Waals surface area contributed by atoms with E-state index in [0.717, 1.165) is 17.3 Å². The SMILES string of the molecule is N/C(=N\N(N)CCOC(F)F)c1ccccc1Nc1ccc(C(F)(F)F)cc1. The van der Waals surface area contributed by atoms with Crippen LogP contribution in [0.2, 0.25) is 0 Å². The van der Waals surface area contributed by atoms with Crippen LogP contribution in [0.25, 0.3) is 0 Å². The third-order valence-corrected chi connectivity index (χ3v) is 3.49. The quantitative estimate of drug-likeness (QED) is 0.206. The number of alkyl halides is 5. The van der Waals surface area contributed by atoms with Crippen molar-refractivity contribution in [2.75, 3.05) is 18.5 Å². The van der Waals surface area contributed by atoms with Gasteiger partial charge in [-0.05, 0) is 36.4 Å². The highest BCUT2D eigenvalue weighted by molar-refractivity contribution is 6.02. The summed E-state index contributed by atoms with van der Waals surface area (Å²) in [5.74, 6) is 5.55. The van der Waals surface area contributed by atoms with Crippen LogP contribution in [0.3, 0.4) is 0 Å². The van der Waals surface area contributed by atoms with Gasteiger partial charge in [-0.3, -0.25) is 0 Å². The van der Waals surface area contributed by atoms with Gasteiger partial charge in [-0.1, -0.05) is 12.1 Å². The van der Waals surface area contributed by atoms with Crippen molar-refractivity contribution in [3.8, 4) is 0 Å². The molecule has 2 aromatic rings. The minimum absolute atomic E-state index is 0.0189. The molecule has 0 aliphatic rings. The van der Waals surface area contributed by atoms with Gasteiger partial charge in [0.15, 0.2) is 5.84 Å². The highest BCUT2D eigenvalue weighted by Gasteiger charge is 2.29. The van der Waals surface area contributed by atoms with E-state index in [-0.39, 0.29) is 19.0 Å². The highest BCUT2D eigenvalue weighted by Crippen LogP contribution is 2.30. The number of hydrogen-bond acceptors (Lipinski definition) is 5. The number of nitrogens with one attached hydrogen (secondary N) is 1. The van der Waals surface area contributed by atoms with E-state index in [4.69, 9.17) is 11.6 Å². The summed E-state index contributed by atoms with van der Waals surface area (Å²) in [6.07, 6.45) is -4.42. The zero-order valence-corrected chi connectivity index (χ0v) is 14.5. The summed E-state index contributed by atoms with van der Waals surface area (Å²) in [5.41, 5.74) is 6.45. The van der Waals surface area contributed by atoms with Gasteiger partial charge in [-0.15, -0.1) is 5.10 Å². The monoisotopic (exact) mass is 403 g/mol. The van der Waals surface area contributed by atoms with Gasteiger partial charge in [0.25, 0.3) is 0 Å². The lowest BCUT2D eigenvalue weighted by Gasteiger charge is -2.16. The second-order valence-electron chi connectivity index (χ2n) is 5.53. The molecule has 0 aliphatic heterocycles. The van der Waals surface area contributed by atoms with Crippen molar-refractivity contribution in [2.24, 2.45) is 16.7 Å². The Kier molecular flexibility index (Phi) is 7.12. The number of nitrogens with two attached hydrogens (primary N) is 2. The molecule has 5 N–H and O–H groups in total. The third kappa shape index (κ3) is 6.35. The minimum Gasteiger partial charge on any atom is -0.382 e. The Morgan fingerprint density at radius 3 is 2.36 bits per heavy atom. The number of nitrogens with zero attached hydrogens (tertiary/aromatic N) is 2. The van der Waals surface area contributed by atoms with Gasteiger partial charge in [-0.2, -0.15) is 22.0 Å². The lowest BCUT2D eigenvalue weighted by molar-refractivity contribution is -0.137. The first-order chi connectivity index (χ1) is 13.2. The van der Waals surface area contributed by atoms with Gasteiger partial charge >= 0.3 is 12.8 Å². The number of para-hydroxylation sites is 1. The Hall–Kier alpha value is -2.92. The van der Waals surface area contributed by atoms with Gasteiger partial charge < -0.3 is 15.8 Å². The summed E-state index contributed by atoms with van der Waals surface area (Å²) in [5, 5.41) is 7.69. The molecular formula is C17H18F5N5O. The molecule has 2 rings (SSSR count). The fourth-order valence-corrected chi connectivity index (χ4v) is 2.19. The van der Waals surface area contributed by atoms with E-state index in [1.165, 1.54) is 12.1 Å². The van der Waals surface area contributed by atoms with Gasteiger partial charge in [0.1, 0.15) is 0 Å². The van der Waals surface area contributed by atoms with Crippen molar-refractivity contribution >= 4 is 17.2 Å². The third-order valence-electron chi connectivity index (χ3n) is 3.49. The number of anilines is 2. The molecule has 152 valence electrons. The Labute approximate surface area is 157 Å². The maximum Gasteiger partial charge on any atom is 0.416 e.